The first-order valence-electron chi connectivity index (χ1n) is 6.53. The van der Waals surface area contributed by atoms with Crippen molar-refractivity contribution in [2.24, 2.45) is 0 Å². The third kappa shape index (κ3) is 3.71. The van der Waals surface area contributed by atoms with E-state index in [4.69, 9.17) is 4.42 Å². The van der Waals surface area contributed by atoms with Gasteiger partial charge in [-0.05, 0) is 38.5 Å². The first-order chi connectivity index (χ1) is 9.60. The first-order valence-corrected chi connectivity index (χ1v) is 7.35. The molecule has 0 saturated carbocycles. The Hall–Kier alpha value is -1.59. The number of rotatable bonds is 6. The third-order valence-electron chi connectivity index (χ3n) is 3.06. The van der Waals surface area contributed by atoms with Gasteiger partial charge in [0.05, 0.1) is 13.4 Å². The highest BCUT2D eigenvalue weighted by Gasteiger charge is 2.16. The molecule has 0 saturated heterocycles. The van der Waals surface area contributed by atoms with Crippen molar-refractivity contribution < 1.29 is 13.9 Å². The molecule has 2 heterocycles. The molecule has 0 aliphatic heterocycles. The van der Waals surface area contributed by atoms with Crippen molar-refractivity contribution >= 4 is 17.3 Å². The minimum absolute atomic E-state index is 0.277. The van der Waals surface area contributed by atoms with Gasteiger partial charge in [-0.25, -0.2) is 4.79 Å². The Bertz CT molecular complexity index is 573. The number of aryl methyl sites for hydroxylation is 1. The van der Waals surface area contributed by atoms with Crippen molar-refractivity contribution in [2.75, 3.05) is 7.11 Å². The number of esters is 1. The summed E-state index contributed by atoms with van der Waals surface area (Å²) in [5.74, 6) is -0.160. The summed E-state index contributed by atoms with van der Waals surface area (Å²) in [5, 5.41) is 3.40. The maximum absolute atomic E-state index is 11.5. The van der Waals surface area contributed by atoms with Crippen LogP contribution in [-0.4, -0.2) is 19.1 Å². The largest absolute Gasteiger partial charge is 0.463 e. The molecule has 0 aromatic carbocycles. The van der Waals surface area contributed by atoms with Crippen molar-refractivity contribution in [3.8, 4) is 0 Å². The molecule has 1 atom stereocenters. The smallest absolute Gasteiger partial charge is 0.374 e. The number of ether oxygens (including phenoxy) is 1. The van der Waals surface area contributed by atoms with E-state index in [-0.39, 0.29) is 5.76 Å². The van der Waals surface area contributed by atoms with E-state index in [2.05, 4.69) is 36.0 Å². The fraction of sp³-hybridized carbons (Fsp3) is 0.400. The lowest BCUT2D eigenvalue weighted by molar-refractivity contribution is 0.0563. The van der Waals surface area contributed by atoms with Crippen LogP contribution in [-0.2, 0) is 17.7 Å². The molecule has 0 fully saturated rings. The second kappa shape index (κ2) is 6.72. The Morgan fingerprint density at radius 3 is 2.90 bits per heavy atom. The predicted molar refractivity (Wildman–Crippen MR) is 79.1 cm³/mol. The average Bonchev–Trinajstić information content (AvgIpc) is 3.04. The molecule has 0 spiro atoms. The summed E-state index contributed by atoms with van der Waals surface area (Å²) < 4.78 is 9.84. The van der Waals surface area contributed by atoms with E-state index in [9.17, 15) is 4.79 Å². The lowest BCUT2D eigenvalue weighted by Crippen LogP contribution is -2.27. The molecule has 1 N–H and O–H groups in total. The number of hydrogen-bond donors (Lipinski definition) is 1. The van der Waals surface area contributed by atoms with Crippen molar-refractivity contribution in [1.29, 1.82) is 0 Å². The molecule has 0 bridgehead atoms. The summed E-state index contributed by atoms with van der Waals surface area (Å²) in [4.78, 5) is 14.2. The number of methoxy groups -OCH3 is 1. The van der Waals surface area contributed by atoms with E-state index in [1.165, 1.54) is 23.1 Å². The SMILES string of the molecule is COC(=O)c1occc1CNC(C)Cc1ccc(C)s1. The summed E-state index contributed by atoms with van der Waals surface area (Å²) in [6, 6.07) is 6.42. The van der Waals surface area contributed by atoms with E-state index < -0.39 is 5.97 Å². The summed E-state index contributed by atoms with van der Waals surface area (Å²) >= 11 is 1.82. The Kier molecular flexibility index (Phi) is 4.98. The maximum atomic E-state index is 11.5. The predicted octanol–water partition coefficient (Wildman–Crippen LogP) is 3.16. The molecule has 0 aliphatic rings. The van der Waals surface area contributed by atoms with Gasteiger partial charge in [-0.2, -0.15) is 0 Å². The van der Waals surface area contributed by atoms with Crippen LogP contribution < -0.4 is 5.32 Å². The summed E-state index contributed by atoms with van der Waals surface area (Å²) in [6.07, 6.45) is 2.49. The van der Waals surface area contributed by atoms with Crippen LogP contribution in [0.2, 0.25) is 0 Å². The Balaban J connectivity index is 1.88. The first kappa shape index (κ1) is 14.8. The standard InChI is InChI=1S/C15H19NO3S/c1-10(8-13-5-4-11(2)20-13)16-9-12-6-7-19-14(12)15(17)18-3/h4-7,10,16H,8-9H2,1-3H3. The molecule has 0 aliphatic carbocycles. The van der Waals surface area contributed by atoms with Gasteiger partial charge in [0.25, 0.3) is 0 Å². The van der Waals surface area contributed by atoms with Crippen LogP contribution in [0.1, 0.15) is 32.8 Å². The van der Waals surface area contributed by atoms with Crippen molar-refractivity contribution in [2.45, 2.75) is 32.9 Å². The normalized spacial score (nSPS) is 12.3. The van der Waals surface area contributed by atoms with E-state index in [0.29, 0.717) is 12.6 Å². The molecule has 20 heavy (non-hydrogen) atoms. The molecule has 4 nitrogen and oxygen atoms in total. The van der Waals surface area contributed by atoms with Crippen LogP contribution >= 0.6 is 11.3 Å². The highest BCUT2D eigenvalue weighted by Crippen LogP contribution is 2.17. The van der Waals surface area contributed by atoms with Crippen LogP contribution in [0.5, 0.6) is 0 Å². The molecule has 2 aromatic rings. The number of furan rings is 1. The number of thiophene rings is 1. The monoisotopic (exact) mass is 293 g/mol. The van der Waals surface area contributed by atoms with Crippen LogP contribution in [0.3, 0.4) is 0 Å². The second-order valence-electron chi connectivity index (χ2n) is 4.76. The number of hydrogen-bond acceptors (Lipinski definition) is 5. The van der Waals surface area contributed by atoms with E-state index >= 15 is 0 Å². The maximum Gasteiger partial charge on any atom is 0.374 e. The van der Waals surface area contributed by atoms with Crippen LogP contribution in [0.25, 0.3) is 0 Å². The zero-order valence-electron chi connectivity index (χ0n) is 11.9. The molecule has 1 unspecified atom stereocenters. The van der Waals surface area contributed by atoms with Gasteiger partial charge < -0.3 is 14.5 Å². The topological polar surface area (TPSA) is 51.5 Å². The van der Waals surface area contributed by atoms with Crippen molar-refractivity contribution in [3.63, 3.8) is 0 Å². The number of carbonyl (C=O) groups excluding carboxylic acids is 1. The minimum Gasteiger partial charge on any atom is -0.463 e. The lowest BCUT2D eigenvalue weighted by atomic mass is 10.2. The molecule has 5 heteroatoms. The zero-order chi connectivity index (χ0) is 14.5. The fourth-order valence-electron chi connectivity index (χ4n) is 2.00. The molecule has 0 radical (unpaired) electrons. The number of carbonyl (C=O) groups is 1. The van der Waals surface area contributed by atoms with Gasteiger partial charge in [0.15, 0.2) is 0 Å². The van der Waals surface area contributed by atoms with Gasteiger partial charge in [0, 0.05) is 27.9 Å². The van der Waals surface area contributed by atoms with Crippen LogP contribution in [0.4, 0.5) is 0 Å². The van der Waals surface area contributed by atoms with E-state index in [1.807, 2.05) is 11.3 Å². The molecular formula is C15H19NO3S. The van der Waals surface area contributed by atoms with Crippen molar-refractivity contribution in [1.82, 2.24) is 5.32 Å². The Morgan fingerprint density at radius 1 is 1.45 bits per heavy atom. The second-order valence-corrected chi connectivity index (χ2v) is 6.14. The Morgan fingerprint density at radius 2 is 2.25 bits per heavy atom. The minimum atomic E-state index is -0.437. The molecule has 2 aromatic heterocycles. The summed E-state index contributed by atoms with van der Waals surface area (Å²) in [5.41, 5.74) is 0.825. The molecular weight excluding hydrogens is 274 g/mol. The van der Waals surface area contributed by atoms with Gasteiger partial charge in [-0.1, -0.05) is 0 Å². The van der Waals surface area contributed by atoms with Gasteiger partial charge in [0.2, 0.25) is 5.76 Å². The molecule has 108 valence electrons. The summed E-state index contributed by atoms with van der Waals surface area (Å²) in [6.45, 7) is 4.83. The van der Waals surface area contributed by atoms with Crippen molar-refractivity contribution in [3.05, 3.63) is 45.5 Å². The zero-order valence-corrected chi connectivity index (χ0v) is 12.8. The quantitative estimate of drug-likeness (QED) is 0.831. The van der Waals surface area contributed by atoms with E-state index in [1.54, 1.807) is 6.07 Å². The van der Waals surface area contributed by atoms with Crippen LogP contribution in [0, 0.1) is 6.92 Å². The van der Waals surface area contributed by atoms with Gasteiger partial charge >= 0.3 is 5.97 Å². The third-order valence-corrected chi connectivity index (χ3v) is 4.08. The van der Waals surface area contributed by atoms with Gasteiger partial charge in [0.1, 0.15) is 0 Å². The number of nitrogens with one attached hydrogen (secondary N) is 1. The van der Waals surface area contributed by atoms with E-state index in [0.717, 1.165) is 12.0 Å². The average molecular weight is 293 g/mol. The molecule has 0 amide bonds. The highest BCUT2D eigenvalue weighted by molar-refractivity contribution is 7.11. The summed E-state index contributed by atoms with van der Waals surface area (Å²) in [7, 11) is 1.35. The van der Waals surface area contributed by atoms with Crippen LogP contribution in [0.15, 0.2) is 28.9 Å². The Labute approximate surface area is 122 Å². The van der Waals surface area contributed by atoms with Gasteiger partial charge in [-0.3, -0.25) is 0 Å². The lowest BCUT2D eigenvalue weighted by Gasteiger charge is -2.12. The highest BCUT2D eigenvalue weighted by atomic mass is 32.1. The molecule has 2 rings (SSSR count). The fourth-order valence-corrected chi connectivity index (χ4v) is 3.02. The van der Waals surface area contributed by atoms with Gasteiger partial charge in [-0.15, -0.1) is 11.3 Å².